The van der Waals surface area contributed by atoms with Crippen molar-refractivity contribution in [1.82, 2.24) is 5.32 Å². The first-order valence-corrected chi connectivity index (χ1v) is 6.34. The van der Waals surface area contributed by atoms with Crippen LogP contribution in [0.15, 0.2) is 6.07 Å². The van der Waals surface area contributed by atoms with E-state index in [1.165, 1.54) is 16.7 Å². The maximum Gasteiger partial charge on any atom is 0.124 e. The third kappa shape index (κ3) is 2.68. The lowest BCUT2D eigenvalue weighted by Crippen LogP contribution is -2.45. The van der Waals surface area contributed by atoms with Crippen LogP contribution in [0, 0.1) is 20.8 Å². The van der Waals surface area contributed by atoms with Crippen molar-refractivity contribution < 1.29 is 4.74 Å². The number of nitrogens with two attached hydrogens (primary N) is 1. The Morgan fingerprint density at radius 1 is 1.22 bits per heavy atom. The van der Waals surface area contributed by atoms with Gasteiger partial charge in [-0.15, -0.1) is 0 Å². The van der Waals surface area contributed by atoms with Crippen LogP contribution >= 0.6 is 0 Å². The molecule has 0 saturated heterocycles. The van der Waals surface area contributed by atoms with Crippen LogP contribution in [0.1, 0.15) is 42.1 Å². The van der Waals surface area contributed by atoms with Crippen LogP contribution in [-0.4, -0.2) is 19.7 Å². The molecule has 0 heterocycles. The molecule has 0 saturated carbocycles. The van der Waals surface area contributed by atoms with Crippen LogP contribution in [0.4, 0.5) is 0 Å². The van der Waals surface area contributed by atoms with E-state index < -0.39 is 0 Å². The highest BCUT2D eigenvalue weighted by Crippen LogP contribution is 2.34. The summed E-state index contributed by atoms with van der Waals surface area (Å²) in [6.07, 6.45) is 0. The van der Waals surface area contributed by atoms with Crippen molar-refractivity contribution >= 4 is 0 Å². The highest BCUT2D eigenvalue weighted by molar-refractivity contribution is 5.50. The first kappa shape index (κ1) is 15.0. The quantitative estimate of drug-likeness (QED) is 0.863. The second-order valence-corrected chi connectivity index (χ2v) is 5.61. The summed E-state index contributed by atoms with van der Waals surface area (Å²) in [5, 5.41) is 3.33. The average molecular weight is 250 g/mol. The molecule has 3 N–H and O–H groups in total. The van der Waals surface area contributed by atoms with Crippen molar-refractivity contribution in [2.75, 3.05) is 14.2 Å². The van der Waals surface area contributed by atoms with Gasteiger partial charge in [-0.1, -0.05) is 6.07 Å². The molecule has 0 spiro atoms. The summed E-state index contributed by atoms with van der Waals surface area (Å²) in [5.41, 5.74) is 10.8. The molecule has 3 heteroatoms. The van der Waals surface area contributed by atoms with Crippen LogP contribution in [-0.2, 0) is 0 Å². The third-order valence-corrected chi connectivity index (χ3v) is 3.61. The highest BCUT2D eigenvalue weighted by Gasteiger charge is 2.28. The zero-order valence-corrected chi connectivity index (χ0v) is 12.6. The Morgan fingerprint density at radius 3 is 2.17 bits per heavy atom. The van der Waals surface area contributed by atoms with E-state index in [0.717, 1.165) is 11.3 Å². The van der Waals surface area contributed by atoms with Gasteiger partial charge in [-0.3, -0.25) is 0 Å². The number of nitrogens with one attached hydrogen (secondary N) is 1. The Balaban J connectivity index is 3.43. The average Bonchev–Trinajstić information content (AvgIpc) is 2.25. The number of aryl methyl sites for hydroxylation is 1. The smallest absolute Gasteiger partial charge is 0.124 e. The first-order valence-electron chi connectivity index (χ1n) is 6.34. The van der Waals surface area contributed by atoms with Gasteiger partial charge < -0.3 is 15.8 Å². The standard InChI is InChI=1S/C15H26N2O/c1-9-8-12(14(17-6)15(4,5)16)10(2)11(3)13(9)18-7/h8,14,17H,16H2,1-7H3. The summed E-state index contributed by atoms with van der Waals surface area (Å²) in [7, 11) is 3.67. The first-order chi connectivity index (χ1) is 8.23. The van der Waals surface area contributed by atoms with Crippen molar-refractivity contribution in [3.05, 3.63) is 28.3 Å². The molecule has 1 aromatic rings. The van der Waals surface area contributed by atoms with E-state index in [2.05, 4.69) is 32.2 Å². The van der Waals surface area contributed by atoms with Crippen LogP contribution in [0.3, 0.4) is 0 Å². The number of methoxy groups -OCH3 is 1. The van der Waals surface area contributed by atoms with Crippen LogP contribution in [0.2, 0.25) is 0 Å². The SMILES string of the molecule is CNC(c1cc(C)c(OC)c(C)c1C)C(C)(C)N. The minimum Gasteiger partial charge on any atom is -0.496 e. The van der Waals surface area contributed by atoms with Crippen molar-refractivity contribution in [2.24, 2.45) is 5.73 Å². The van der Waals surface area contributed by atoms with E-state index in [9.17, 15) is 0 Å². The number of likely N-dealkylation sites (N-methyl/N-ethyl adjacent to an activating group) is 1. The predicted molar refractivity (Wildman–Crippen MR) is 77.3 cm³/mol. The monoisotopic (exact) mass is 250 g/mol. The molecular weight excluding hydrogens is 224 g/mol. The Labute approximate surface area is 111 Å². The molecule has 1 atom stereocenters. The minimum absolute atomic E-state index is 0.126. The van der Waals surface area contributed by atoms with Gasteiger partial charge in [0.05, 0.1) is 7.11 Å². The number of hydrogen-bond acceptors (Lipinski definition) is 3. The van der Waals surface area contributed by atoms with Gasteiger partial charge in [-0.25, -0.2) is 0 Å². The molecule has 1 rings (SSSR count). The van der Waals surface area contributed by atoms with E-state index in [-0.39, 0.29) is 11.6 Å². The van der Waals surface area contributed by atoms with Gasteiger partial charge in [0.2, 0.25) is 0 Å². The van der Waals surface area contributed by atoms with Crippen molar-refractivity contribution in [3.63, 3.8) is 0 Å². The number of ether oxygens (including phenoxy) is 1. The molecule has 1 unspecified atom stereocenters. The topological polar surface area (TPSA) is 47.3 Å². The van der Waals surface area contributed by atoms with Crippen molar-refractivity contribution in [3.8, 4) is 5.75 Å². The normalized spacial score (nSPS) is 13.6. The zero-order valence-electron chi connectivity index (χ0n) is 12.6. The molecule has 102 valence electrons. The van der Waals surface area contributed by atoms with Gasteiger partial charge in [0.25, 0.3) is 0 Å². The number of benzene rings is 1. The molecule has 0 fully saturated rings. The summed E-state index contributed by atoms with van der Waals surface area (Å²) in [5.74, 6) is 0.973. The summed E-state index contributed by atoms with van der Waals surface area (Å²) < 4.78 is 5.46. The molecule has 0 aliphatic carbocycles. The molecule has 18 heavy (non-hydrogen) atoms. The zero-order chi connectivity index (χ0) is 14.1. The van der Waals surface area contributed by atoms with Crippen LogP contribution < -0.4 is 15.8 Å². The second-order valence-electron chi connectivity index (χ2n) is 5.61. The molecule has 0 aliphatic heterocycles. The highest BCUT2D eigenvalue weighted by atomic mass is 16.5. The van der Waals surface area contributed by atoms with E-state index in [1.54, 1.807) is 7.11 Å². The summed E-state index contributed by atoms with van der Waals surface area (Å²) in [4.78, 5) is 0. The van der Waals surface area contributed by atoms with Crippen molar-refractivity contribution in [2.45, 2.75) is 46.2 Å². The molecular formula is C15H26N2O. The Kier molecular flexibility index (Phi) is 4.41. The Bertz CT molecular complexity index is 433. The fraction of sp³-hybridized carbons (Fsp3) is 0.600. The minimum atomic E-state index is -0.313. The van der Waals surface area contributed by atoms with E-state index >= 15 is 0 Å². The van der Waals surface area contributed by atoms with Gasteiger partial charge in [0, 0.05) is 11.6 Å². The van der Waals surface area contributed by atoms with E-state index in [1.807, 2.05) is 20.9 Å². The fourth-order valence-corrected chi connectivity index (χ4v) is 2.63. The van der Waals surface area contributed by atoms with Crippen LogP contribution in [0.25, 0.3) is 0 Å². The fourth-order valence-electron chi connectivity index (χ4n) is 2.63. The van der Waals surface area contributed by atoms with Crippen molar-refractivity contribution in [1.29, 1.82) is 0 Å². The van der Waals surface area contributed by atoms with Gasteiger partial charge in [-0.05, 0) is 63.9 Å². The number of hydrogen-bond donors (Lipinski definition) is 2. The van der Waals surface area contributed by atoms with Crippen LogP contribution in [0.5, 0.6) is 5.75 Å². The Hall–Kier alpha value is -1.06. The lowest BCUT2D eigenvalue weighted by atomic mass is 9.85. The number of rotatable bonds is 4. The molecule has 0 aliphatic rings. The molecule has 0 aromatic heterocycles. The summed E-state index contributed by atoms with van der Waals surface area (Å²) in [6, 6.07) is 2.30. The molecule has 3 nitrogen and oxygen atoms in total. The van der Waals surface area contributed by atoms with E-state index in [0.29, 0.717) is 0 Å². The van der Waals surface area contributed by atoms with Gasteiger partial charge in [-0.2, -0.15) is 0 Å². The predicted octanol–water partition coefficient (Wildman–Crippen LogP) is 2.62. The third-order valence-electron chi connectivity index (χ3n) is 3.61. The van der Waals surface area contributed by atoms with Gasteiger partial charge >= 0.3 is 0 Å². The second kappa shape index (κ2) is 5.29. The molecule has 0 amide bonds. The van der Waals surface area contributed by atoms with Gasteiger partial charge in [0.15, 0.2) is 0 Å². The summed E-state index contributed by atoms with van der Waals surface area (Å²) in [6.45, 7) is 10.4. The lowest BCUT2D eigenvalue weighted by Gasteiger charge is -2.33. The largest absolute Gasteiger partial charge is 0.496 e. The summed E-state index contributed by atoms with van der Waals surface area (Å²) >= 11 is 0. The van der Waals surface area contributed by atoms with E-state index in [4.69, 9.17) is 10.5 Å². The Morgan fingerprint density at radius 2 is 1.78 bits per heavy atom. The maximum atomic E-state index is 6.27. The maximum absolute atomic E-state index is 6.27. The molecule has 0 bridgehead atoms. The van der Waals surface area contributed by atoms with Gasteiger partial charge in [0.1, 0.15) is 5.75 Å². The molecule has 0 radical (unpaired) electrons. The lowest BCUT2D eigenvalue weighted by molar-refractivity contribution is 0.366. The molecule has 1 aromatic carbocycles.